The van der Waals surface area contributed by atoms with Gasteiger partial charge in [-0.05, 0) is 18.6 Å². The molecule has 2 heterocycles. The van der Waals surface area contributed by atoms with E-state index in [1.165, 1.54) is 21.7 Å². The van der Waals surface area contributed by atoms with Crippen molar-refractivity contribution in [1.82, 2.24) is 14.7 Å². The summed E-state index contributed by atoms with van der Waals surface area (Å²) in [6.45, 7) is 2.16. The van der Waals surface area contributed by atoms with Crippen molar-refractivity contribution in [2.75, 3.05) is 13.1 Å². The van der Waals surface area contributed by atoms with Crippen molar-refractivity contribution >= 4 is 11.9 Å². The number of ether oxygens (including phenoxy) is 1. The molecule has 1 aromatic carbocycles. The van der Waals surface area contributed by atoms with Crippen LogP contribution < -0.4 is 5.56 Å². The van der Waals surface area contributed by atoms with Gasteiger partial charge >= 0.3 is 5.97 Å². The zero-order chi connectivity index (χ0) is 18.7. The summed E-state index contributed by atoms with van der Waals surface area (Å²) in [5.41, 5.74) is 0.667. The van der Waals surface area contributed by atoms with E-state index >= 15 is 0 Å². The molecule has 1 unspecified atom stereocenters. The van der Waals surface area contributed by atoms with Crippen molar-refractivity contribution in [3.63, 3.8) is 0 Å². The number of carbonyl (C=O) groups excluding carboxylic acids is 1. The van der Waals surface area contributed by atoms with E-state index in [1.807, 2.05) is 30.3 Å². The standard InChI is InChI=1S/C18H19N3O5/c1-12-9-20(11-15(26-12)18(24)25)17(23)14-7-8-16(22)21(19-14)10-13-5-3-2-4-6-13/h2-8,12,15H,9-11H2,1H3,(H,24,25)/t12-,15?/m1/s1. The van der Waals surface area contributed by atoms with E-state index < -0.39 is 24.1 Å². The molecule has 8 nitrogen and oxygen atoms in total. The van der Waals surface area contributed by atoms with Crippen LogP contribution in [-0.4, -0.2) is 57.0 Å². The molecule has 1 N–H and O–H groups in total. The van der Waals surface area contributed by atoms with Crippen LogP contribution in [0.2, 0.25) is 0 Å². The molecule has 8 heteroatoms. The van der Waals surface area contributed by atoms with Gasteiger partial charge in [-0.2, -0.15) is 5.10 Å². The highest BCUT2D eigenvalue weighted by molar-refractivity contribution is 5.92. The Hall–Kier alpha value is -3.00. The van der Waals surface area contributed by atoms with E-state index in [2.05, 4.69) is 5.10 Å². The highest BCUT2D eigenvalue weighted by Crippen LogP contribution is 2.14. The summed E-state index contributed by atoms with van der Waals surface area (Å²) in [7, 11) is 0. The zero-order valence-corrected chi connectivity index (χ0v) is 14.2. The predicted octanol–water partition coefficient (Wildman–Crippen LogP) is 0.606. The lowest BCUT2D eigenvalue weighted by Crippen LogP contribution is -2.52. The van der Waals surface area contributed by atoms with Gasteiger partial charge in [0, 0.05) is 12.6 Å². The Labute approximate surface area is 149 Å². The quantitative estimate of drug-likeness (QED) is 0.860. The van der Waals surface area contributed by atoms with Crippen LogP contribution in [0.4, 0.5) is 0 Å². The molecule has 3 rings (SSSR count). The Kier molecular flexibility index (Phi) is 5.13. The van der Waals surface area contributed by atoms with E-state index in [0.717, 1.165) is 5.56 Å². The maximum Gasteiger partial charge on any atom is 0.334 e. The third kappa shape index (κ3) is 3.97. The number of carboxylic acids is 1. The number of rotatable bonds is 4. The van der Waals surface area contributed by atoms with Crippen LogP contribution in [0, 0.1) is 0 Å². The first-order chi connectivity index (χ1) is 12.4. The molecule has 1 saturated heterocycles. The average molecular weight is 357 g/mol. The van der Waals surface area contributed by atoms with Gasteiger partial charge in [0.05, 0.1) is 19.2 Å². The number of hydrogen-bond donors (Lipinski definition) is 1. The lowest BCUT2D eigenvalue weighted by atomic mass is 10.2. The fourth-order valence-electron chi connectivity index (χ4n) is 2.85. The molecular weight excluding hydrogens is 338 g/mol. The number of aliphatic carboxylic acids is 1. The molecule has 1 fully saturated rings. The molecule has 136 valence electrons. The van der Waals surface area contributed by atoms with Crippen LogP contribution >= 0.6 is 0 Å². The van der Waals surface area contributed by atoms with Crippen LogP contribution in [0.5, 0.6) is 0 Å². The molecule has 1 aliphatic heterocycles. The lowest BCUT2D eigenvalue weighted by Gasteiger charge is -2.34. The first-order valence-electron chi connectivity index (χ1n) is 8.23. The molecular formula is C18H19N3O5. The second-order valence-electron chi connectivity index (χ2n) is 6.18. The summed E-state index contributed by atoms with van der Waals surface area (Å²) in [5, 5.41) is 13.3. The highest BCUT2D eigenvalue weighted by atomic mass is 16.5. The van der Waals surface area contributed by atoms with Crippen molar-refractivity contribution in [1.29, 1.82) is 0 Å². The summed E-state index contributed by atoms with van der Waals surface area (Å²) in [6.07, 6.45) is -1.47. The smallest absolute Gasteiger partial charge is 0.334 e. The number of benzene rings is 1. The van der Waals surface area contributed by atoms with Crippen LogP contribution in [0.15, 0.2) is 47.3 Å². The first-order valence-corrected chi connectivity index (χ1v) is 8.23. The van der Waals surface area contributed by atoms with Crippen molar-refractivity contribution in [3.8, 4) is 0 Å². The molecule has 0 bridgehead atoms. The Morgan fingerprint density at radius 3 is 2.62 bits per heavy atom. The zero-order valence-electron chi connectivity index (χ0n) is 14.2. The van der Waals surface area contributed by atoms with Crippen LogP contribution in [0.25, 0.3) is 0 Å². The fourth-order valence-corrected chi connectivity index (χ4v) is 2.85. The molecule has 0 aliphatic carbocycles. The van der Waals surface area contributed by atoms with E-state index in [9.17, 15) is 14.4 Å². The minimum absolute atomic E-state index is 0.0575. The number of amides is 1. The maximum absolute atomic E-state index is 12.7. The molecule has 0 saturated carbocycles. The largest absolute Gasteiger partial charge is 0.479 e. The van der Waals surface area contributed by atoms with Gasteiger partial charge in [0.15, 0.2) is 6.10 Å². The summed E-state index contributed by atoms with van der Waals surface area (Å²) >= 11 is 0. The number of hydrogen-bond acceptors (Lipinski definition) is 5. The van der Waals surface area contributed by atoms with Gasteiger partial charge in [-0.3, -0.25) is 9.59 Å². The summed E-state index contributed by atoms with van der Waals surface area (Å²) in [6, 6.07) is 12.0. The third-order valence-electron chi connectivity index (χ3n) is 4.08. The van der Waals surface area contributed by atoms with Gasteiger partial charge in [0.1, 0.15) is 5.69 Å². The topological polar surface area (TPSA) is 102 Å². The van der Waals surface area contributed by atoms with Crippen LogP contribution in [0.1, 0.15) is 23.0 Å². The van der Waals surface area contributed by atoms with Gasteiger partial charge in [-0.25, -0.2) is 9.48 Å². The first kappa shape index (κ1) is 17.8. The van der Waals surface area contributed by atoms with Crippen molar-refractivity contribution < 1.29 is 19.4 Å². The number of carbonyl (C=O) groups is 2. The molecule has 26 heavy (non-hydrogen) atoms. The average Bonchev–Trinajstić information content (AvgIpc) is 2.63. The minimum Gasteiger partial charge on any atom is -0.479 e. The number of nitrogens with zero attached hydrogens (tertiary/aromatic N) is 3. The van der Waals surface area contributed by atoms with Gasteiger partial charge in [0.25, 0.3) is 11.5 Å². The number of aromatic nitrogens is 2. The monoisotopic (exact) mass is 357 g/mol. The SMILES string of the molecule is C[C@@H]1CN(C(=O)c2ccc(=O)n(Cc3ccccc3)n2)CC(C(=O)O)O1. The van der Waals surface area contributed by atoms with Crippen LogP contribution in [-0.2, 0) is 16.1 Å². The Balaban J connectivity index is 1.82. The molecule has 1 aliphatic rings. The van der Waals surface area contributed by atoms with Gasteiger partial charge in [-0.15, -0.1) is 0 Å². The predicted molar refractivity (Wildman–Crippen MR) is 91.9 cm³/mol. The summed E-state index contributed by atoms with van der Waals surface area (Å²) in [4.78, 5) is 37.4. The van der Waals surface area contributed by atoms with E-state index in [-0.39, 0.29) is 30.9 Å². The van der Waals surface area contributed by atoms with Crippen LogP contribution in [0.3, 0.4) is 0 Å². The van der Waals surface area contributed by atoms with Crippen molar-refractivity contribution in [2.24, 2.45) is 0 Å². The second-order valence-corrected chi connectivity index (χ2v) is 6.18. The third-order valence-corrected chi connectivity index (χ3v) is 4.08. The Morgan fingerprint density at radius 2 is 1.92 bits per heavy atom. The van der Waals surface area contributed by atoms with Gasteiger partial charge in [0.2, 0.25) is 0 Å². The molecule has 2 atom stereocenters. The molecule has 1 amide bonds. The van der Waals surface area contributed by atoms with Gasteiger partial charge in [-0.1, -0.05) is 30.3 Å². The van der Waals surface area contributed by atoms with E-state index in [1.54, 1.807) is 6.92 Å². The van der Waals surface area contributed by atoms with E-state index in [0.29, 0.717) is 0 Å². The Morgan fingerprint density at radius 1 is 1.19 bits per heavy atom. The summed E-state index contributed by atoms with van der Waals surface area (Å²) < 4.78 is 6.54. The molecule has 0 radical (unpaired) electrons. The molecule has 1 aromatic heterocycles. The van der Waals surface area contributed by atoms with Crippen molar-refractivity contribution in [3.05, 3.63) is 64.1 Å². The lowest BCUT2D eigenvalue weighted by molar-refractivity contribution is -0.160. The Bertz CT molecular complexity index is 865. The fraction of sp³-hybridized carbons (Fsp3) is 0.333. The normalized spacial score (nSPS) is 20.0. The maximum atomic E-state index is 12.7. The van der Waals surface area contributed by atoms with Crippen molar-refractivity contribution in [2.45, 2.75) is 25.7 Å². The summed E-state index contributed by atoms with van der Waals surface area (Å²) in [5.74, 6) is -1.54. The number of morpholine rings is 1. The minimum atomic E-state index is -1.11. The second kappa shape index (κ2) is 7.49. The number of carboxylic acid groups (broad SMARTS) is 1. The van der Waals surface area contributed by atoms with Gasteiger partial charge < -0.3 is 14.7 Å². The molecule has 2 aromatic rings. The highest BCUT2D eigenvalue weighted by Gasteiger charge is 2.33. The molecule has 0 spiro atoms. The van der Waals surface area contributed by atoms with E-state index in [4.69, 9.17) is 9.84 Å².